The number of esters is 1. The van der Waals surface area contributed by atoms with Gasteiger partial charge in [-0.15, -0.1) is 5.10 Å². The number of aliphatic hydroxyl groups excluding tert-OH is 2. The van der Waals surface area contributed by atoms with Gasteiger partial charge in [-0.05, 0) is 71.7 Å². The minimum absolute atomic E-state index is 0.0156. The van der Waals surface area contributed by atoms with E-state index in [4.69, 9.17) is 23.7 Å². The molecule has 0 unspecified atom stereocenters. The molecule has 14 atom stereocenters. The van der Waals surface area contributed by atoms with Crippen LogP contribution >= 0.6 is 0 Å². The number of ketones is 2. The maximum atomic E-state index is 14.6. The number of ether oxygens (including phenoxy) is 5. The fraction of sp³-hybridized carbons (Fsp3) is 0.744. The number of aromatic nitrogens is 3. The van der Waals surface area contributed by atoms with Crippen molar-refractivity contribution in [3.05, 3.63) is 41.7 Å². The van der Waals surface area contributed by atoms with Crippen molar-refractivity contribution in [1.82, 2.24) is 19.9 Å². The average Bonchev–Trinajstić information content (AvgIpc) is 3.71. The van der Waals surface area contributed by atoms with Gasteiger partial charge in [0.2, 0.25) is 0 Å². The molecule has 0 saturated carbocycles. The summed E-state index contributed by atoms with van der Waals surface area (Å²) in [6.45, 7) is 10.5. The molecule has 3 N–H and O–H groups in total. The van der Waals surface area contributed by atoms with Crippen LogP contribution in [0, 0.1) is 17.8 Å². The molecule has 1 aromatic heterocycles. The second-order valence-corrected chi connectivity index (χ2v) is 19.6. The fourth-order valence-electron chi connectivity index (χ4n) is 8.61. The molecular weight excluding hydrogens is 832 g/mol. The van der Waals surface area contributed by atoms with Crippen molar-refractivity contribution in [2.24, 2.45) is 17.8 Å². The van der Waals surface area contributed by atoms with Gasteiger partial charge in [0.15, 0.2) is 16.1 Å². The van der Waals surface area contributed by atoms with Crippen LogP contribution in [-0.4, -0.2) is 156 Å². The molecular formula is C43H67FN4O13S. The number of Topliss-reactive ketones (excluding diaryl/α,β-unsaturated/α-hetero) is 2. The van der Waals surface area contributed by atoms with Crippen molar-refractivity contribution in [2.75, 3.05) is 40.7 Å². The third-order valence-corrected chi connectivity index (χ3v) is 14.0. The first-order valence-corrected chi connectivity index (χ1v) is 23.0. The van der Waals surface area contributed by atoms with Gasteiger partial charge in [0.25, 0.3) is 0 Å². The Labute approximate surface area is 364 Å². The average molecular weight is 899 g/mol. The van der Waals surface area contributed by atoms with Crippen molar-refractivity contribution in [3.8, 4) is 0 Å². The van der Waals surface area contributed by atoms with Crippen LogP contribution in [-0.2, 0) is 54.3 Å². The number of aliphatic hydroxyl groups is 3. The lowest BCUT2D eigenvalue weighted by molar-refractivity contribution is -0.290. The number of carbonyl (C=O) groups is 3. The van der Waals surface area contributed by atoms with E-state index in [0.717, 1.165) is 6.26 Å². The number of cyclic esters (lactones) is 1. The summed E-state index contributed by atoms with van der Waals surface area (Å²) in [6.07, 6.45) is -4.45. The Morgan fingerprint density at radius 2 is 1.73 bits per heavy atom. The fourth-order valence-corrected chi connectivity index (χ4v) is 9.24. The van der Waals surface area contributed by atoms with Gasteiger partial charge in [-0.2, -0.15) is 0 Å². The van der Waals surface area contributed by atoms with Crippen LogP contribution in [0.15, 0.2) is 35.4 Å². The number of carbonyl (C=O) groups excluding carboxylic acids is 3. The third-order valence-electron chi connectivity index (χ3n) is 12.9. The van der Waals surface area contributed by atoms with Gasteiger partial charge < -0.3 is 43.9 Å². The lowest BCUT2D eigenvalue weighted by Crippen LogP contribution is -2.59. The van der Waals surface area contributed by atoms with E-state index in [-0.39, 0.29) is 29.9 Å². The SMILES string of the molecule is CC[C@H]1OC(=O)[C@H](C)C(=O)C[C@@H](O[C@@H]2O[C@H](C)C[C@H](N(C)CCc3cn([C@H](CF)[C@H](OC)c4ccc(S(C)(=O)=O)cc4)nn3)[C@H]2O)[C@](C)(OC)C[C@@H](C)C(=O)[C@H](C)[C@@H](O)[C@]1(C)O. The van der Waals surface area contributed by atoms with E-state index in [1.807, 2.05) is 18.9 Å². The van der Waals surface area contributed by atoms with Crippen LogP contribution in [0.1, 0.15) is 97.6 Å². The first-order valence-electron chi connectivity index (χ1n) is 21.1. The summed E-state index contributed by atoms with van der Waals surface area (Å²) in [7, 11) is 1.23. The molecule has 0 radical (unpaired) electrons. The standard InChI is InChI=1S/C43H67FN4O13S/c1-12-34-43(7,54)39(52)27(5)36(50)24(2)21-42(6,58-10)35(20-33(49)26(4)40(53)60-34)61-41-37(51)31(19-25(3)59-41)47(8)18-17-29-23-48(46-45-29)32(22-44)38(57-9)28-13-15-30(16-14-28)62(11,55)56/h13-16,23-27,31-32,34-35,37-39,41,51-52,54H,12,17-22H2,1-11H3/t24-,25-,26-,27+,31+,32-,34-,35-,37-,38-,39-,41+,42-,43-/m1/s1. The van der Waals surface area contributed by atoms with Crippen molar-refractivity contribution >= 4 is 27.4 Å². The first kappa shape index (κ1) is 51.4. The van der Waals surface area contributed by atoms with Crippen molar-refractivity contribution in [3.63, 3.8) is 0 Å². The zero-order chi connectivity index (χ0) is 46.5. The predicted octanol–water partition coefficient (Wildman–Crippen LogP) is 2.98. The summed E-state index contributed by atoms with van der Waals surface area (Å²) in [5.41, 5.74) is -2.25. The normalized spacial score (nSPS) is 34.4. The molecule has 19 heteroatoms. The lowest BCUT2D eigenvalue weighted by Gasteiger charge is -2.46. The number of sulfone groups is 1. The Kier molecular flexibility index (Phi) is 17.5. The van der Waals surface area contributed by atoms with Crippen LogP contribution in [0.3, 0.4) is 0 Å². The Bertz CT molecular complexity index is 1930. The molecule has 3 heterocycles. The monoisotopic (exact) mass is 898 g/mol. The molecule has 0 amide bonds. The van der Waals surface area contributed by atoms with Gasteiger partial charge in [-0.3, -0.25) is 14.4 Å². The number of benzene rings is 1. The predicted molar refractivity (Wildman–Crippen MR) is 223 cm³/mol. The molecule has 4 rings (SSSR count). The maximum absolute atomic E-state index is 14.6. The van der Waals surface area contributed by atoms with Gasteiger partial charge in [-0.25, -0.2) is 17.5 Å². The van der Waals surface area contributed by atoms with Gasteiger partial charge in [-0.1, -0.05) is 38.1 Å². The Balaban J connectivity index is 1.53. The Hall–Kier alpha value is -3.27. The minimum Gasteiger partial charge on any atom is -0.459 e. The summed E-state index contributed by atoms with van der Waals surface area (Å²) < 4.78 is 69.8. The highest BCUT2D eigenvalue weighted by atomic mass is 32.2. The minimum atomic E-state index is -3.43. The highest BCUT2D eigenvalue weighted by molar-refractivity contribution is 7.90. The maximum Gasteiger partial charge on any atom is 0.316 e. The van der Waals surface area contributed by atoms with E-state index >= 15 is 0 Å². The zero-order valence-corrected chi connectivity index (χ0v) is 38.6. The second-order valence-electron chi connectivity index (χ2n) is 17.6. The molecule has 2 aliphatic rings. The van der Waals surface area contributed by atoms with E-state index in [2.05, 4.69) is 10.3 Å². The smallest absolute Gasteiger partial charge is 0.316 e. The van der Waals surface area contributed by atoms with Crippen LogP contribution in [0.5, 0.6) is 0 Å². The van der Waals surface area contributed by atoms with E-state index < -0.39 is 112 Å². The number of halogens is 1. The van der Waals surface area contributed by atoms with Gasteiger partial charge in [0.1, 0.15) is 54.1 Å². The Morgan fingerprint density at radius 3 is 2.29 bits per heavy atom. The van der Waals surface area contributed by atoms with Gasteiger partial charge in [0, 0.05) is 63.9 Å². The van der Waals surface area contributed by atoms with Crippen molar-refractivity contribution in [2.45, 2.75) is 152 Å². The zero-order valence-electron chi connectivity index (χ0n) is 37.8. The first-order chi connectivity index (χ1) is 28.9. The molecule has 2 saturated heterocycles. The van der Waals surface area contributed by atoms with E-state index in [0.29, 0.717) is 30.6 Å². The molecule has 0 aliphatic carbocycles. The Morgan fingerprint density at radius 1 is 1.08 bits per heavy atom. The summed E-state index contributed by atoms with van der Waals surface area (Å²) in [6, 6.07) is 4.63. The molecule has 2 fully saturated rings. The molecule has 17 nitrogen and oxygen atoms in total. The number of rotatable bonds is 14. The topological polar surface area (TPSA) is 226 Å². The summed E-state index contributed by atoms with van der Waals surface area (Å²) in [5.74, 6) is -5.00. The van der Waals surface area contributed by atoms with Gasteiger partial charge in [0.05, 0.1) is 34.5 Å². The number of likely N-dealkylation sites (N-methyl/N-ethyl adjacent to an activating group) is 1. The molecule has 0 bridgehead atoms. The molecule has 62 heavy (non-hydrogen) atoms. The number of methoxy groups -OCH3 is 2. The lowest BCUT2D eigenvalue weighted by atomic mass is 9.76. The second kappa shape index (κ2) is 21.1. The number of alkyl halides is 1. The third kappa shape index (κ3) is 11.7. The largest absolute Gasteiger partial charge is 0.459 e. The molecule has 350 valence electrons. The van der Waals surface area contributed by atoms with Gasteiger partial charge >= 0.3 is 5.97 Å². The van der Waals surface area contributed by atoms with Crippen molar-refractivity contribution < 1.29 is 66.2 Å². The van der Waals surface area contributed by atoms with E-state index in [1.165, 1.54) is 51.8 Å². The molecule has 0 spiro atoms. The molecule has 2 aromatic rings. The highest BCUT2D eigenvalue weighted by Gasteiger charge is 2.50. The quantitative estimate of drug-likeness (QED) is 0.183. The number of hydrogen-bond donors (Lipinski definition) is 3. The molecule has 2 aliphatic heterocycles. The molecule has 1 aromatic carbocycles. The van der Waals surface area contributed by atoms with E-state index in [1.54, 1.807) is 39.1 Å². The number of hydrogen-bond acceptors (Lipinski definition) is 16. The van der Waals surface area contributed by atoms with E-state index in [9.17, 15) is 42.5 Å². The van der Waals surface area contributed by atoms with Crippen LogP contribution in [0.4, 0.5) is 4.39 Å². The highest BCUT2D eigenvalue weighted by Crippen LogP contribution is 2.37. The summed E-state index contributed by atoms with van der Waals surface area (Å²) in [4.78, 5) is 43.1. The summed E-state index contributed by atoms with van der Waals surface area (Å²) in [5, 5.41) is 42.9. The van der Waals surface area contributed by atoms with Crippen LogP contribution in [0.25, 0.3) is 0 Å². The summed E-state index contributed by atoms with van der Waals surface area (Å²) >= 11 is 0. The van der Waals surface area contributed by atoms with Crippen LogP contribution < -0.4 is 0 Å². The van der Waals surface area contributed by atoms with Crippen molar-refractivity contribution in [1.29, 1.82) is 0 Å². The number of nitrogens with zero attached hydrogens (tertiary/aromatic N) is 4. The van der Waals surface area contributed by atoms with Crippen LogP contribution in [0.2, 0.25) is 0 Å².